The molecule has 0 aromatic carbocycles. The van der Waals surface area contributed by atoms with Gasteiger partial charge in [-0.25, -0.2) is 4.98 Å². The minimum Gasteiger partial charge on any atom is -0.481 e. The molecular formula is C18H25N3O5S. The Bertz CT molecular complexity index is 834. The molecule has 2 rings (SSSR count). The Hall–Kier alpha value is -2.26. The number of hydrogen-bond acceptors (Lipinski definition) is 7. The van der Waals surface area contributed by atoms with E-state index in [-0.39, 0.29) is 31.4 Å². The van der Waals surface area contributed by atoms with Crippen molar-refractivity contribution in [3.8, 4) is 5.88 Å². The van der Waals surface area contributed by atoms with Crippen LogP contribution >= 0.6 is 11.3 Å². The SMILES string of the molecule is COCc1nc(OC)c2c(C)c(C(=O)N(CCC(=O)O)CC(C)C)sc2n1. The molecule has 0 aliphatic carbocycles. The Morgan fingerprint density at radius 3 is 2.52 bits per heavy atom. The number of aryl methyl sites for hydroxylation is 1. The van der Waals surface area contributed by atoms with E-state index in [1.807, 2.05) is 20.8 Å². The maximum atomic E-state index is 13.1. The molecule has 1 N–H and O–H groups in total. The van der Waals surface area contributed by atoms with Crippen molar-refractivity contribution in [2.24, 2.45) is 5.92 Å². The Balaban J connectivity index is 2.46. The van der Waals surface area contributed by atoms with E-state index < -0.39 is 5.97 Å². The number of thiophene rings is 1. The summed E-state index contributed by atoms with van der Waals surface area (Å²) in [5.41, 5.74) is 0.741. The molecule has 0 radical (unpaired) electrons. The summed E-state index contributed by atoms with van der Waals surface area (Å²) in [6, 6.07) is 0. The van der Waals surface area contributed by atoms with Crippen LogP contribution < -0.4 is 4.74 Å². The molecule has 0 unspecified atom stereocenters. The van der Waals surface area contributed by atoms with Crippen LogP contribution in [0.25, 0.3) is 10.2 Å². The Morgan fingerprint density at radius 1 is 1.26 bits per heavy atom. The quantitative estimate of drug-likeness (QED) is 0.696. The van der Waals surface area contributed by atoms with Crippen molar-refractivity contribution in [3.05, 3.63) is 16.3 Å². The third-order valence-electron chi connectivity index (χ3n) is 3.93. The van der Waals surface area contributed by atoms with Gasteiger partial charge in [-0.1, -0.05) is 13.8 Å². The molecule has 0 saturated heterocycles. The number of carboxylic acids is 1. The van der Waals surface area contributed by atoms with Gasteiger partial charge in [0.1, 0.15) is 11.4 Å². The van der Waals surface area contributed by atoms with Crippen molar-refractivity contribution < 1.29 is 24.2 Å². The Kier molecular flexibility index (Phi) is 7.09. The number of fused-ring (bicyclic) bond motifs is 1. The van der Waals surface area contributed by atoms with E-state index >= 15 is 0 Å². The molecule has 27 heavy (non-hydrogen) atoms. The molecule has 0 atom stereocenters. The molecule has 8 nitrogen and oxygen atoms in total. The maximum absolute atomic E-state index is 13.1. The van der Waals surface area contributed by atoms with Crippen LogP contribution in [0.15, 0.2) is 0 Å². The minimum absolute atomic E-state index is 0.0937. The molecule has 1 amide bonds. The van der Waals surface area contributed by atoms with Crippen molar-refractivity contribution in [3.63, 3.8) is 0 Å². The first-order chi connectivity index (χ1) is 12.8. The topological polar surface area (TPSA) is 102 Å². The summed E-state index contributed by atoms with van der Waals surface area (Å²) in [7, 11) is 3.08. The monoisotopic (exact) mass is 395 g/mol. The summed E-state index contributed by atoms with van der Waals surface area (Å²) in [5.74, 6) is -0.0185. The summed E-state index contributed by atoms with van der Waals surface area (Å²) >= 11 is 1.27. The zero-order chi connectivity index (χ0) is 20.1. The number of carbonyl (C=O) groups is 2. The second kappa shape index (κ2) is 9.09. The molecule has 0 bridgehead atoms. The molecule has 0 fully saturated rings. The number of methoxy groups -OCH3 is 2. The van der Waals surface area contributed by atoms with Gasteiger partial charge in [0, 0.05) is 20.2 Å². The fraction of sp³-hybridized carbons (Fsp3) is 0.556. The number of aliphatic carboxylic acids is 1. The predicted octanol–water partition coefficient (Wildman–Crippen LogP) is 2.73. The van der Waals surface area contributed by atoms with Crippen molar-refractivity contribution >= 4 is 33.4 Å². The Morgan fingerprint density at radius 2 is 1.96 bits per heavy atom. The lowest BCUT2D eigenvalue weighted by atomic mass is 10.1. The highest BCUT2D eigenvalue weighted by atomic mass is 32.1. The summed E-state index contributed by atoms with van der Waals surface area (Å²) < 4.78 is 10.5. The van der Waals surface area contributed by atoms with Crippen molar-refractivity contribution in [2.45, 2.75) is 33.8 Å². The summed E-state index contributed by atoms with van der Waals surface area (Å²) in [6.07, 6.45) is -0.0937. The zero-order valence-corrected chi connectivity index (χ0v) is 17.1. The normalized spacial score (nSPS) is 11.2. The second-order valence-electron chi connectivity index (χ2n) is 6.61. The molecule has 0 aliphatic heterocycles. The minimum atomic E-state index is -0.929. The summed E-state index contributed by atoms with van der Waals surface area (Å²) in [4.78, 5) is 35.7. The number of carbonyl (C=O) groups excluding carboxylic acids is 1. The summed E-state index contributed by atoms with van der Waals surface area (Å²) in [6.45, 7) is 6.70. The first-order valence-corrected chi connectivity index (χ1v) is 9.44. The fourth-order valence-corrected chi connectivity index (χ4v) is 3.94. The molecular weight excluding hydrogens is 370 g/mol. The molecule has 9 heteroatoms. The molecule has 148 valence electrons. The van der Waals surface area contributed by atoms with Gasteiger partial charge in [-0.3, -0.25) is 9.59 Å². The van der Waals surface area contributed by atoms with Crippen molar-refractivity contribution in [2.75, 3.05) is 27.3 Å². The lowest BCUT2D eigenvalue weighted by Gasteiger charge is -2.23. The molecule has 2 aromatic heterocycles. The van der Waals surface area contributed by atoms with Gasteiger partial charge in [0.15, 0.2) is 5.82 Å². The highest BCUT2D eigenvalue weighted by Crippen LogP contribution is 2.35. The third kappa shape index (κ3) is 4.92. The highest BCUT2D eigenvalue weighted by molar-refractivity contribution is 7.20. The number of amides is 1. The van der Waals surface area contributed by atoms with Gasteiger partial charge in [0.2, 0.25) is 5.88 Å². The first-order valence-electron chi connectivity index (χ1n) is 8.62. The van der Waals surface area contributed by atoms with Crippen molar-refractivity contribution in [1.29, 1.82) is 0 Å². The average Bonchev–Trinajstić information content (AvgIpc) is 2.94. The second-order valence-corrected chi connectivity index (χ2v) is 7.61. The van der Waals surface area contributed by atoms with Crippen LogP contribution in [-0.2, 0) is 16.1 Å². The van der Waals surface area contributed by atoms with E-state index in [4.69, 9.17) is 14.6 Å². The standard InChI is InChI=1S/C18H25N3O5S/c1-10(2)8-21(7-6-13(22)23)18(24)15-11(3)14-16(26-5)19-12(9-25-4)20-17(14)27-15/h10H,6-9H2,1-5H3,(H,22,23). The molecule has 2 heterocycles. The van der Waals surface area contributed by atoms with Crippen LogP contribution in [0, 0.1) is 12.8 Å². The van der Waals surface area contributed by atoms with Gasteiger partial charge >= 0.3 is 5.97 Å². The molecule has 0 saturated carbocycles. The zero-order valence-electron chi connectivity index (χ0n) is 16.2. The number of rotatable bonds is 9. The number of hydrogen-bond donors (Lipinski definition) is 1. The van der Waals surface area contributed by atoms with Crippen LogP contribution in [0.4, 0.5) is 0 Å². The van der Waals surface area contributed by atoms with Crippen LogP contribution in [0.2, 0.25) is 0 Å². The van der Waals surface area contributed by atoms with E-state index in [0.29, 0.717) is 33.3 Å². The van der Waals surface area contributed by atoms with E-state index in [2.05, 4.69) is 9.97 Å². The van der Waals surface area contributed by atoms with E-state index in [1.54, 1.807) is 12.0 Å². The van der Waals surface area contributed by atoms with Gasteiger partial charge in [-0.15, -0.1) is 11.3 Å². The maximum Gasteiger partial charge on any atom is 0.305 e. The van der Waals surface area contributed by atoms with Crippen LogP contribution in [-0.4, -0.2) is 59.2 Å². The largest absolute Gasteiger partial charge is 0.481 e. The first kappa shape index (κ1) is 21.0. The average molecular weight is 395 g/mol. The van der Waals surface area contributed by atoms with Crippen molar-refractivity contribution in [1.82, 2.24) is 14.9 Å². The molecule has 0 spiro atoms. The number of nitrogens with zero attached hydrogens (tertiary/aromatic N) is 3. The number of aromatic nitrogens is 2. The predicted molar refractivity (Wildman–Crippen MR) is 102 cm³/mol. The van der Waals surface area contributed by atoms with Crippen LogP contribution in [0.5, 0.6) is 5.88 Å². The Labute approximate surface area is 162 Å². The van der Waals surface area contributed by atoms with Crippen LogP contribution in [0.3, 0.4) is 0 Å². The summed E-state index contributed by atoms with van der Waals surface area (Å²) in [5, 5.41) is 9.69. The van der Waals surface area contributed by atoms with Gasteiger partial charge in [0.05, 0.1) is 23.8 Å². The number of carboxylic acid groups (broad SMARTS) is 1. The third-order valence-corrected chi connectivity index (χ3v) is 5.11. The van der Waals surface area contributed by atoms with E-state index in [0.717, 1.165) is 5.56 Å². The van der Waals surface area contributed by atoms with Gasteiger partial charge < -0.3 is 19.5 Å². The smallest absolute Gasteiger partial charge is 0.305 e. The van der Waals surface area contributed by atoms with Crippen LogP contribution in [0.1, 0.15) is 41.3 Å². The number of ether oxygens (including phenoxy) is 2. The lowest BCUT2D eigenvalue weighted by Crippen LogP contribution is -2.35. The molecule has 0 aliphatic rings. The van der Waals surface area contributed by atoms with Gasteiger partial charge in [0.25, 0.3) is 5.91 Å². The van der Waals surface area contributed by atoms with Gasteiger partial charge in [-0.05, 0) is 18.4 Å². The van der Waals surface area contributed by atoms with Gasteiger partial charge in [-0.2, -0.15) is 4.98 Å². The molecule has 2 aromatic rings. The lowest BCUT2D eigenvalue weighted by molar-refractivity contribution is -0.137. The van der Waals surface area contributed by atoms with E-state index in [9.17, 15) is 9.59 Å². The van der Waals surface area contributed by atoms with E-state index in [1.165, 1.54) is 18.4 Å². The highest BCUT2D eigenvalue weighted by Gasteiger charge is 2.25. The fourth-order valence-electron chi connectivity index (χ4n) is 2.78.